The van der Waals surface area contributed by atoms with Crippen LogP contribution in [0.3, 0.4) is 0 Å². The number of hydrogen-bond donors (Lipinski definition) is 1. The number of carbonyl (C=O) groups excluding carboxylic acids is 1. The van der Waals surface area contributed by atoms with Crippen LogP contribution in [0.15, 0.2) is 41.8 Å². The number of imidazole rings is 1. The van der Waals surface area contributed by atoms with Crippen molar-refractivity contribution in [1.82, 2.24) is 19.2 Å². The average molecular weight is 392 g/mol. The molecule has 1 saturated heterocycles. The van der Waals surface area contributed by atoms with Gasteiger partial charge in [0, 0.05) is 32.6 Å². The topological polar surface area (TPSA) is 95.6 Å². The van der Waals surface area contributed by atoms with Gasteiger partial charge in [-0.25, -0.2) is 13.4 Å². The van der Waals surface area contributed by atoms with Crippen LogP contribution in [0, 0.1) is 0 Å². The summed E-state index contributed by atoms with van der Waals surface area (Å²) in [5.41, 5.74) is 1.07. The molecule has 0 aliphatic carbocycles. The van der Waals surface area contributed by atoms with Crippen molar-refractivity contribution in [1.29, 1.82) is 0 Å². The highest BCUT2D eigenvalue weighted by Gasteiger charge is 2.29. The SMILES string of the molecule is COc1ccc(CCC(=O)N2CCCN(S(=O)(=O)c3cnc[nH]3)CC2)cc1. The lowest BCUT2D eigenvalue weighted by atomic mass is 10.1. The Labute approximate surface area is 159 Å². The summed E-state index contributed by atoms with van der Waals surface area (Å²) in [6, 6.07) is 7.66. The molecule has 0 unspecified atom stereocenters. The molecule has 27 heavy (non-hydrogen) atoms. The highest BCUT2D eigenvalue weighted by Crippen LogP contribution is 2.17. The third-order valence-corrected chi connectivity index (χ3v) is 6.51. The van der Waals surface area contributed by atoms with Crippen molar-refractivity contribution in [3.8, 4) is 5.75 Å². The van der Waals surface area contributed by atoms with Crippen molar-refractivity contribution in [2.45, 2.75) is 24.3 Å². The largest absolute Gasteiger partial charge is 0.497 e. The van der Waals surface area contributed by atoms with Crippen LogP contribution in [0.25, 0.3) is 0 Å². The summed E-state index contributed by atoms with van der Waals surface area (Å²) in [6.45, 7) is 1.64. The molecule has 146 valence electrons. The molecule has 0 atom stereocenters. The number of methoxy groups -OCH3 is 1. The summed E-state index contributed by atoms with van der Waals surface area (Å²) >= 11 is 0. The number of aryl methyl sites for hydroxylation is 1. The number of aromatic amines is 1. The van der Waals surface area contributed by atoms with Crippen molar-refractivity contribution in [3.63, 3.8) is 0 Å². The molecule has 1 aliphatic rings. The molecule has 1 aromatic heterocycles. The van der Waals surface area contributed by atoms with Crippen molar-refractivity contribution in [2.24, 2.45) is 0 Å². The van der Waals surface area contributed by atoms with Crippen molar-refractivity contribution < 1.29 is 17.9 Å². The number of nitrogens with one attached hydrogen (secondary N) is 1. The third kappa shape index (κ3) is 4.67. The maximum atomic E-state index is 12.6. The number of carbonyl (C=O) groups is 1. The first-order valence-corrected chi connectivity index (χ1v) is 10.3. The molecule has 0 bridgehead atoms. The molecule has 0 radical (unpaired) electrons. The highest BCUT2D eigenvalue weighted by atomic mass is 32.2. The number of rotatable bonds is 6. The summed E-state index contributed by atoms with van der Waals surface area (Å²) in [5, 5.41) is 0.0850. The highest BCUT2D eigenvalue weighted by molar-refractivity contribution is 7.89. The average Bonchev–Trinajstić information content (AvgIpc) is 3.11. The van der Waals surface area contributed by atoms with Gasteiger partial charge in [0.15, 0.2) is 5.03 Å². The molecule has 1 N–H and O–H groups in total. The summed E-state index contributed by atoms with van der Waals surface area (Å²) in [6.07, 6.45) is 4.31. The van der Waals surface area contributed by atoms with Gasteiger partial charge in [0.05, 0.1) is 19.6 Å². The molecule has 3 rings (SSSR count). The quantitative estimate of drug-likeness (QED) is 0.799. The Kier molecular flexibility index (Phi) is 6.12. The predicted molar refractivity (Wildman–Crippen MR) is 99.9 cm³/mol. The van der Waals surface area contributed by atoms with Crippen LogP contribution < -0.4 is 4.74 Å². The molecular weight excluding hydrogens is 368 g/mol. The van der Waals surface area contributed by atoms with Gasteiger partial charge in [-0.3, -0.25) is 4.79 Å². The fourth-order valence-corrected chi connectivity index (χ4v) is 4.47. The van der Waals surface area contributed by atoms with Gasteiger partial charge in [-0.1, -0.05) is 12.1 Å². The number of amides is 1. The van der Waals surface area contributed by atoms with Crippen molar-refractivity contribution in [2.75, 3.05) is 33.3 Å². The van der Waals surface area contributed by atoms with E-state index in [4.69, 9.17) is 4.74 Å². The summed E-state index contributed by atoms with van der Waals surface area (Å²) in [4.78, 5) is 20.7. The second-order valence-corrected chi connectivity index (χ2v) is 8.31. The fraction of sp³-hybridized carbons (Fsp3) is 0.444. The minimum Gasteiger partial charge on any atom is -0.497 e. The number of sulfonamides is 1. The van der Waals surface area contributed by atoms with E-state index < -0.39 is 10.0 Å². The van der Waals surface area contributed by atoms with Gasteiger partial charge in [-0.15, -0.1) is 0 Å². The Hall–Kier alpha value is -2.39. The number of H-pyrrole nitrogens is 1. The van der Waals surface area contributed by atoms with Gasteiger partial charge < -0.3 is 14.6 Å². The number of aromatic nitrogens is 2. The molecular formula is C18H24N4O4S. The molecule has 8 nitrogen and oxygen atoms in total. The Morgan fingerprint density at radius 3 is 2.63 bits per heavy atom. The van der Waals surface area contributed by atoms with Gasteiger partial charge in [0.25, 0.3) is 10.0 Å². The van der Waals surface area contributed by atoms with E-state index in [0.717, 1.165) is 11.3 Å². The third-order valence-electron chi connectivity index (χ3n) is 4.69. The van der Waals surface area contributed by atoms with Crippen LogP contribution in [0.4, 0.5) is 0 Å². The minimum absolute atomic E-state index is 0.0478. The van der Waals surface area contributed by atoms with Gasteiger partial charge in [-0.05, 0) is 30.5 Å². The van der Waals surface area contributed by atoms with E-state index in [1.165, 1.54) is 16.8 Å². The molecule has 2 heterocycles. The van der Waals surface area contributed by atoms with Crippen molar-refractivity contribution in [3.05, 3.63) is 42.4 Å². The zero-order valence-corrected chi connectivity index (χ0v) is 16.1. The van der Waals surface area contributed by atoms with E-state index in [1.54, 1.807) is 12.0 Å². The van der Waals surface area contributed by atoms with Gasteiger partial charge in [-0.2, -0.15) is 4.31 Å². The first-order chi connectivity index (χ1) is 13.0. The van der Waals surface area contributed by atoms with Crippen LogP contribution in [0.5, 0.6) is 5.75 Å². The first-order valence-electron chi connectivity index (χ1n) is 8.90. The van der Waals surface area contributed by atoms with E-state index >= 15 is 0 Å². The molecule has 1 aliphatic heterocycles. The monoisotopic (exact) mass is 392 g/mol. The molecule has 1 aromatic carbocycles. The van der Waals surface area contributed by atoms with E-state index in [1.807, 2.05) is 24.3 Å². The van der Waals surface area contributed by atoms with Gasteiger partial charge in [0.1, 0.15) is 5.75 Å². The van der Waals surface area contributed by atoms with Crippen LogP contribution in [-0.4, -0.2) is 66.8 Å². The lowest BCUT2D eigenvalue weighted by Crippen LogP contribution is -2.37. The molecule has 1 fully saturated rings. The maximum Gasteiger partial charge on any atom is 0.260 e. The Morgan fingerprint density at radius 1 is 1.19 bits per heavy atom. The molecule has 2 aromatic rings. The first kappa shape index (κ1) is 19.4. The number of benzene rings is 1. The van der Waals surface area contributed by atoms with Crippen LogP contribution in [-0.2, 0) is 21.2 Å². The maximum absolute atomic E-state index is 12.6. The summed E-state index contributed by atoms with van der Waals surface area (Å²) in [7, 11) is -1.97. The van der Waals surface area contributed by atoms with Crippen LogP contribution in [0.2, 0.25) is 0 Å². The zero-order chi connectivity index (χ0) is 19.3. The van der Waals surface area contributed by atoms with E-state index in [0.29, 0.717) is 38.9 Å². The van der Waals surface area contributed by atoms with Crippen LogP contribution in [0.1, 0.15) is 18.4 Å². The summed E-state index contributed by atoms with van der Waals surface area (Å²) in [5.74, 6) is 0.836. The van der Waals surface area contributed by atoms with Crippen molar-refractivity contribution >= 4 is 15.9 Å². The Bertz CT molecular complexity index is 850. The fourth-order valence-electron chi connectivity index (χ4n) is 3.11. The lowest BCUT2D eigenvalue weighted by Gasteiger charge is -2.21. The van der Waals surface area contributed by atoms with E-state index in [2.05, 4.69) is 9.97 Å². The standard InChI is InChI=1S/C18H24N4O4S/c1-26-16-6-3-15(4-7-16)5-8-18(23)21-9-2-10-22(12-11-21)27(24,25)17-13-19-14-20-17/h3-4,6-7,13-14H,2,5,8-12H2,1H3,(H,19,20). The second kappa shape index (κ2) is 8.53. The predicted octanol–water partition coefficient (Wildman–Crippen LogP) is 1.27. The summed E-state index contributed by atoms with van der Waals surface area (Å²) < 4.78 is 31.7. The lowest BCUT2D eigenvalue weighted by molar-refractivity contribution is -0.131. The smallest absolute Gasteiger partial charge is 0.260 e. The molecule has 1 amide bonds. The number of nitrogens with zero attached hydrogens (tertiary/aromatic N) is 3. The number of hydrogen-bond acceptors (Lipinski definition) is 5. The molecule has 9 heteroatoms. The zero-order valence-electron chi connectivity index (χ0n) is 15.3. The molecule has 0 saturated carbocycles. The second-order valence-electron chi connectivity index (χ2n) is 6.40. The van der Waals surface area contributed by atoms with E-state index in [9.17, 15) is 13.2 Å². The Balaban J connectivity index is 1.54. The van der Waals surface area contributed by atoms with Gasteiger partial charge >= 0.3 is 0 Å². The Morgan fingerprint density at radius 2 is 1.96 bits per heavy atom. The normalized spacial score (nSPS) is 16.1. The minimum atomic E-state index is -3.59. The van der Waals surface area contributed by atoms with Crippen LogP contribution >= 0.6 is 0 Å². The van der Waals surface area contributed by atoms with Gasteiger partial charge in [0.2, 0.25) is 5.91 Å². The number of ether oxygens (including phenoxy) is 1. The molecule has 0 spiro atoms. The van der Waals surface area contributed by atoms with E-state index in [-0.39, 0.29) is 17.5 Å².